The summed E-state index contributed by atoms with van der Waals surface area (Å²) in [7, 11) is 1.42. The Labute approximate surface area is 147 Å². The van der Waals surface area contributed by atoms with E-state index in [4.69, 9.17) is 0 Å². The number of aliphatic hydroxyl groups excluding tert-OH is 1. The zero-order valence-electron chi connectivity index (χ0n) is 15.3. The number of hydrogen-bond acceptors (Lipinski definition) is 3. The lowest BCUT2D eigenvalue weighted by Gasteiger charge is -2.02. The minimum atomic E-state index is -0.318. The summed E-state index contributed by atoms with van der Waals surface area (Å²) in [5.41, 5.74) is 0. The summed E-state index contributed by atoms with van der Waals surface area (Å²) in [6.07, 6.45) is 24.3. The maximum absolute atomic E-state index is 10.9. The fourth-order valence-electron chi connectivity index (χ4n) is 2.08. The molecule has 3 nitrogen and oxygen atoms in total. The lowest BCUT2D eigenvalue weighted by atomic mass is 10.1. The predicted octanol–water partition coefficient (Wildman–Crippen LogP) is 5.28. The van der Waals surface area contributed by atoms with E-state index >= 15 is 0 Å². The molecule has 0 aromatic rings. The number of unbranched alkanes of at least 4 members (excludes halogenated alkanes) is 3. The quantitative estimate of drug-likeness (QED) is 0.203. The lowest BCUT2D eigenvalue weighted by molar-refractivity contribution is -0.140. The van der Waals surface area contributed by atoms with Crippen LogP contribution in [0.4, 0.5) is 0 Å². The largest absolute Gasteiger partial charge is 0.469 e. The van der Waals surface area contributed by atoms with Crippen LogP contribution in [0, 0.1) is 0 Å². The van der Waals surface area contributed by atoms with Crippen LogP contribution < -0.4 is 0 Å². The molecule has 0 radical (unpaired) electrons. The minimum absolute atomic E-state index is 0.141. The highest BCUT2D eigenvalue weighted by atomic mass is 16.5. The fourth-order valence-corrected chi connectivity index (χ4v) is 2.08. The Balaban J connectivity index is 3.58. The molecule has 24 heavy (non-hydrogen) atoms. The van der Waals surface area contributed by atoms with Crippen molar-refractivity contribution in [3.63, 3.8) is 0 Å². The topological polar surface area (TPSA) is 46.5 Å². The summed E-state index contributed by atoms with van der Waals surface area (Å²) in [6.45, 7) is 2.17. The van der Waals surface area contributed by atoms with Gasteiger partial charge in [0.25, 0.3) is 0 Å². The molecule has 0 amide bonds. The van der Waals surface area contributed by atoms with Crippen molar-refractivity contribution in [2.24, 2.45) is 0 Å². The standard InChI is InChI=1S/C21H34O3/c1-3-4-14-17-20(22)18-15-12-10-8-6-5-7-9-11-13-16-19-21(23)24-2/h5-6,9-12,15,18,20,22H,3-4,7-8,13-14,16-17,19H2,1-2H3/b6-5-,11-9+,12-10-,18-15-/t20-/m0/s1. The van der Waals surface area contributed by atoms with Crippen molar-refractivity contribution in [1.82, 2.24) is 0 Å². The molecule has 0 bridgehead atoms. The van der Waals surface area contributed by atoms with Crippen molar-refractivity contribution in [2.75, 3.05) is 7.11 Å². The second-order valence-corrected chi connectivity index (χ2v) is 5.76. The van der Waals surface area contributed by atoms with Crippen LogP contribution >= 0.6 is 0 Å². The van der Waals surface area contributed by atoms with E-state index in [1.54, 1.807) is 0 Å². The molecule has 0 aromatic heterocycles. The minimum Gasteiger partial charge on any atom is -0.469 e. The van der Waals surface area contributed by atoms with Gasteiger partial charge < -0.3 is 9.84 Å². The van der Waals surface area contributed by atoms with E-state index in [2.05, 4.69) is 42.0 Å². The van der Waals surface area contributed by atoms with Gasteiger partial charge in [-0.15, -0.1) is 0 Å². The molecule has 0 heterocycles. The third kappa shape index (κ3) is 16.8. The molecule has 0 saturated carbocycles. The molecule has 0 spiro atoms. The predicted molar refractivity (Wildman–Crippen MR) is 102 cm³/mol. The zero-order valence-corrected chi connectivity index (χ0v) is 15.3. The van der Waals surface area contributed by atoms with Crippen LogP contribution in [0.15, 0.2) is 48.6 Å². The summed E-state index contributed by atoms with van der Waals surface area (Å²) < 4.78 is 4.59. The molecule has 3 heteroatoms. The van der Waals surface area contributed by atoms with Crippen LogP contribution in [-0.4, -0.2) is 24.3 Å². The molecule has 0 aliphatic heterocycles. The van der Waals surface area contributed by atoms with Gasteiger partial charge in [0.1, 0.15) is 0 Å². The molecule has 0 unspecified atom stereocenters. The smallest absolute Gasteiger partial charge is 0.305 e. The molecule has 1 atom stereocenters. The second kappa shape index (κ2) is 17.7. The maximum atomic E-state index is 10.9. The van der Waals surface area contributed by atoms with Gasteiger partial charge in [0, 0.05) is 6.42 Å². The Bertz CT molecular complexity index is 405. The first-order chi connectivity index (χ1) is 11.7. The van der Waals surface area contributed by atoms with E-state index in [1.807, 2.05) is 18.2 Å². The monoisotopic (exact) mass is 334 g/mol. The van der Waals surface area contributed by atoms with E-state index in [-0.39, 0.29) is 12.1 Å². The van der Waals surface area contributed by atoms with Crippen molar-refractivity contribution in [3.8, 4) is 0 Å². The number of methoxy groups -OCH3 is 1. The van der Waals surface area contributed by atoms with Gasteiger partial charge >= 0.3 is 5.97 Å². The van der Waals surface area contributed by atoms with Crippen molar-refractivity contribution in [3.05, 3.63) is 48.6 Å². The molecular weight excluding hydrogens is 300 g/mol. The molecule has 0 aliphatic rings. The number of hydrogen-bond donors (Lipinski definition) is 1. The summed E-state index contributed by atoms with van der Waals surface area (Å²) in [4.78, 5) is 10.9. The van der Waals surface area contributed by atoms with Gasteiger partial charge in [-0.05, 0) is 32.1 Å². The van der Waals surface area contributed by atoms with Gasteiger partial charge in [0.15, 0.2) is 0 Å². The zero-order chi connectivity index (χ0) is 17.9. The third-order valence-electron chi connectivity index (χ3n) is 3.54. The number of ether oxygens (including phenoxy) is 1. The highest BCUT2D eigenvalue weighted by Gasteiger charge is 1.97. The van der Waals surface area contributed by atoms with E-state index < -0.39 is 0 Å². The molecule has 0 aliphatic carbocycles. The van der Waals surface area contributed by atoms with Crippen molar-refractivity contribution in [1.29, 1.82) is 0 Å². The van der Waals surface area contributed by atoms with Crippen molar-refractivity contribution < 1.29 is 14.6 Å². The number of allylic oxidation sites excluding steroid dienone is 7. The molecule has 0 aromatic carbocycles. The maximum Gasteiger partial charge on any atom is 0.305 e. The molecule has 0 fully saturated rings. The van der Waals surface area contributed by atoms with Crippen LogP contribution in [0.1, 0.15) is 64.7 Å². The molecule has 1 N–H and O–H groups in total. The van der Waals surface area contributed by atoms with Gasteiger partial charge in [-0.3, -0.25) is 4.79 Å². The first-order valence-corrected chi connectivity index (χ1v) is 9.08. The Morgan fingerprint density at radius 1 is 1.00 bits per heavy atom. The Kier molecular flexibility index (Phi) is 16.5. The van der Waals surface area contributed by atoms with Crippen LogP contribution in [0.5, 0.6) is 0 Å². The summed E-state index contributed by atoms with van der Waals surface area (Å²) >= 11 is 0. The SMILES string of the molecule is CCCCC[C@H](O)/C=C\C=C/C/C=C\C/C=C/CCCC(=O)OC. The Morgan fingerprint density at radius 2 is 1.71 bits per heavy atom. The number of carbonyl (C=O) groups excluding carboxylic acids is 1. The Morgan fingerprint density at radius 3 is 2.42 bits per heavy atom. The lowest BCUT2D eigenvalue weighted by Crippen LogP contribution is -2.00. The van der Waals surface area contributed by atoms with Gasteiger partial charge in [-0.2, -0.15) is 0 Å². The first-order valence-electron chi connectivity index (χ1n) is 9.08. The van der Waals surface area contributed by atoms with E-state index in [0.29, 0.717) is 6.42 Å². The van der Waals surface area contributed by atoms with E-state index in [0.717, 1.165) is 38.5 Å². The highest BCUT2D eigenvalue weighted by Crippen LogP contribution is 2.04. The van der Waals surface area contributed by atoms with Crippen molar-refractivity contribution >= 4 is 5.97 Å². The third-order valence-corrected chi connectivity index (χ3v) is 3.54. The van der Waals surface area contributed by atoms with E-state index in [1.165, 1.54) is 20.0 Å². The molecule has 0 saturated heterocycles. The summed E-state index contributed by atoms with van der Waals surface area (Å²) in [5, 5.41) is 9.71. The number of rotatable bonds is 14. The van der Waals surface area contributed by atoms with Gasteiger partial charge in [-0.1, -0.05) is 74.8 Å². The molecule has 136 valence electrons. The number of aliphatic hydroxyl groups is 1. The van der Waals surface area contributed by atoms with Crippen LogP contribution in [0.2, 0.25) is 0 Å². The second-order valence-electron chi connectivity index (χ2n) is 5.76. The Hall–Kier alpha value is -1.61. The molecule has 0 rings (SSSR count). The summed E-state index contributed by atoms with van der Waals surface area (Å²) in [6, 6.07) is 0. The van der Waals surface area contributed by atoms with Gasteiger partial charge in [-0.25, -0.2) is 0 Å². The first kappa shape index (κ1) is 22.4. The van der Waals surface area contributed by atoms with E-state index in [9.17, 15) is 9.90 Å². The average molecular weight is 335 g/mol. The number of esters is 1. The normalized spacial score (nSPS) is 13.6. The van der Waals surface area contributed by atoms with Crippen LogP contribution in [0.25, 0.3) is 0 Å². The summed E-state index contributed by atoms with van der Waals surface area (Å²) in [5.74, 6) is -0.141. The average Bonchev–Trinajstić information content (AvgIpc) is 2.58. The molecular formula is C21H34O3. The van der Waals surface area contributed by atoms with Gasteiger partial charge in [0.2, 0.25) is 0 Å². The highest BCUT2D eigenvalue weighted by molar-refractivity contribution is 5.69. The van der Waals surface area contributed by atoms with Crippen LogP contribution in [-0.2, 0) is 9.53 Å². The van der Waals surface area contributed by atoms with Gasteiger partial charge in [0.05, 0.1) is 13.2 Å². The van der Waals surface area contributed by atoms with Crippen molar-refractivity contribution in [2.45, 2.75) is 70.8 Å². The fraction of sp³-hybridized carbons (Fsp3) is 0.571. The van der Waals surface area contributed by atoms with Crippen LogP contribution in [0.3, 0.4) is 0 Å². The number of carbonyl (C=O) groups is 1.